The van der Waals surface area contributed by atoms with E-state index >= 15 is 0 Å². The predicted octanol–water partition coefficient (Wildman–Crippen LogP) is -0.517. The van der Waals surface area contributed by atoms with Crippen LogP contribution < -0.4 is 15.8 Å². The zero-order chi connectivity index (χ0) is 31.1. The van der Waals surface area contributed by atoms with Gasteiger partial charge in [0.2, 0.25) is 5.28 Å². The molecule has 43 heavy (non-hydrogen) atoms. The van der Waals surface area contributed by atoms with Gasteiger partial charge < -0.3 is 35.2 Å². The lowest BCUT2D eigenvalue weighted by Crippen LogP contribution is -2.55. The number of amides is 2. The number of nitrogens with one attached hydrogen (secondary N) is 2. The van der Waals surface area contributed by atoms with Crippen molar-refractivity contribution in [2.75, 3.05) is 24.6 Å². The number of aliphatic carboxylic acids is 2. The second-order valence-electron chi connectivity index (χ2n) is 9.94. The number of aromatic amines is 1. The number of aliphatic hydroxyl groups is 2. The number of aliphatic hydroxyl groups excluding tert-OH is 1. The van der Waals surface area contributed by atoms with E-state index in [0.717, 1.165) is 17.3 Å². The van der Waals surface area contributed by atoms with Crippen LogP contribution in [0.5, 0.6) is 0 Å². The van der Waals surface area contributed by atoms with Crippen LogP contribution in [-0.4, -0.2) is 101 Å². The van der Waals surface area contributed by atoms with Crippen LogP contribution in [0.2, 0.25) is 5.28 Å². The van der Waals surface area contributed by atoms with Gasteiger partial charge in [0, 0.05) is 25.2 Å². The van der Waals surface area contributed by atoms with E-state index in [4.69, 9.17) is 27.5 Å². The maximum absolute atomic E-state index is 12.4. The van der Waals surface area contributed by atoms with Crippen molar-refractivity contribution in [2.45, 2.75) is 42.5 Å². The Balaban J connectivity index is 1.39. The minimum Gasteiger partial charge on any atom is -0.479 e. The van der Waals surface area contributed by atoms with Crippen molar-refractivity contribution in [1.82, 2.24) is 25.1 Å². The third-order valence-corrected chi connectivity index (χ3v) is 7.55. The summed E-state index contributed by atoms with van der Waals surface area (Å²) in [4.78, 5) is 56.8. The maximum atomic E-state index is 12.4. The molecular formula is C26H25ClN6O10. The summed E-state index contributed by atoms with van der Waals surface area (Å²) in [5.74, 6) is -1.70. The summed E-state index contributed by atoms with van der Waals surface area (Å²) in [6.07, 6.45) is 1.58. The van der Waals surface area contributed by atoms with Crippen LogP contribution >= 0.6 is 11.6 Å². The number of hydrogen-bond acceptors (Lipinski definition) is 10. The van der Waals surface area contributed by atoms with E-state index in [-0.39, 0.29) is 27.9 Å². The van der Waals surface area contributed by atoms with Gasteiger partial charge in [0.15, 0.2) is 17.5 Å². The second kappa shape index (κ2) is 11.3. The molecule has 0 bridgehead atoms. The molecule has 0 spiro atoms. The first-order valence-electron chi connectivity index (χ1n) is 12.8. The van der Waals surface area contributed by atoms with Crippen LogP contribution in [0, 0.1) is 12.3 Å². The Bertz CT molecular complexity index is 1670. The third kappa shape index (κ3) is 5.17. The summed E-state index contributed by atoms with van der Waals surface area (Å²) >= 11 is 5.84. The van der Waals surface area contributed by atoms with E-state index in [1.54, 1.807) is 12.1 Å². The molecule has 17 heteroatoms. The number of hydrogen-bond donors (Lipinski definition) is 6. The molecule has 2 saturated heterocycles. The van der Waals surface area contributed by atoms with E-state index in [1.165, 1.54) is 17.0 Å². The van der Waals surface area contributed by atoms with Crippen molar-refractivity contribution >= 4 is 46.3 Å². The molecule has 3 aromatic rings. The number of rotatable bonds is 9. The Morgan fingerprint density at radius 1 is 1.26 bits per heavy atom. The largest absolute Gasteiger partial charge is 0.479 e. The highest BCUT2D eigenvalue weighted by Gasteiger charge is 2.58. The molecule has 2 fully saturated rings. The number of terminal acetylenes is 1. The predicted molar refractivity (Wildman–Crippen MR) is 146 cm³/mol. The van der Waals surface area contributed by atoms with Crippen molar-refractivity contribution in [3.63, 3.8) is 0 Å². The summed E-state index contributed by atoms with van der Waals surface area (Å²) in [6.45, 7) is 0.126. The Labute approximate surface area is 246 Å². The van der Waals surface area contributed by atoms with Crippen LogP contribution in [0.1, 0.15) is 18.2 Å². The minimum atomic E-state index is -2.87. The van der Waals surface area contributed by atoms with E-state index in [9.17, 15) is 39.6 Å². The lowest BCUT2D eigenvalue weighted by atomic mass is 9.92. The third-order valence-electron chi connectivity index (χ3n) is 7.38. The monoisotopic (exact) mass is 616 g/mol. The van der Waals surface area contributed by atoms with Gasteiger partial charge in [0.25, 0.3) is 11.2 Å². The normalized spacial score (nSPS) is 24.1. The Morgan fingerprint density at radius 2 is 1.95 bits per heavy atom. The van der Waals surface area contributed by atoms with Gasteiger partial charge >= 0.3 is 18.0 Å². The molecule has 0 radical (unpaired) electrons. The number of H-pyrrole nitrogens is 1. The molecule has 2 amide bonds. The first-order chi connectivity index (χ1) is 20.4. The number of urea groups is 1. The lowest BCUT2D eigenvalue weighted by Gasteiger charge is -2.30. The number of benzene rings is 1. The number of ether oxygens (including phenoxy) is 2. The summed E-state index contributed by atoms with van der Waals surface area (Å²) in [5, 5.41) is 48.5. The van der Waals surface area contributed by atoms with Crippen molar-refractivity contribution in [1.29, 1.82) is 0 Å². The standard InChI is InChI=1S/C26H25ClN6O10/c1-2-25(41)16(43-20(17(25)34)33-18-15(11-29-33)19(35)31-23(27)30-18)12-42-26(21(36)37,22(38)39)10-13-4-6-14(7-5-13)32-9-3-8-28-24(32)40/h1,4-7,11,16-17,20,34,41H,3,8-10,12H2,(H,28,40)(H,36,37)(H,38,39)(H,30,31,35)/t16-,17+,20-,25-/m1/s1. The van der Waals surface area contributed by atoms with Gasteiger partial charge in [-0.25, -0.2) is 19.1 Å². The Kier molecular flexibility index (Phi) is 7.86. The molecule has 6 N–H and O–H groups in total. The van der Waals surface area contributed by atoms with Gasteiger partial charge in [-0.05, 0) is 35.7 Å². The van der Waals surface area contributed by atoms with Crippen molar-refractivity contribution < 1.29 is 44.3 Å². The Hall–Kier alpha value is -4.53. The molecule has 226 valence electrons. The second-order valence-corrected chi connectivity index (χ2v) is 10.3. The molecule has 0 unspecified atom stereocenters. The quantitative estimate of drug-likeness (QED) is 0.101. The number of carbonyl (C=O) groups excluding carboxylic acids is 1. The number of anilines is 1. The van der Waals surface area contributed by atoms with E-state index < -0.39 is 60.2 Å². The number of carboxylic acid groups (broad SMARTS) is 2. The van der Waals surface area contributed by atoms with Gasteiger partial charge in [0.1, 0.15) is 17.6 Å². The van der Waals surface area contributed by atoms with Gasteiger partial charge in [-0.1, -0.05) is 18.1 Å². The van der Waals surface area contributed by atoms with Gasteiger partial charge in [-0.15, -0.1) is 6.42 Å². The summed E-state index contributed by atoms with van der Waals surface area (Å²) in [7, 11) is 0. The van der Waals surface area contributed by atoms with Gasteiger partial charge in [0.05, 0.1) is 12.8 Å². The number of fused-ring (bicyclic) bond motifs is 1. The van der Waals surface area contributed by atoms with E-state index in [2.05, 4.69) is 20.4 Å². The smallest absolute Gasteiger partial charge is 0.348 e. The Morgan fingerprint density at radius 3 is 2.58 bits per heavy atom. The van der Waals surface area contributed by atoms with Crippen LogP contribution in [0.3, 0.4) is 0 Å². The van der Waals surface area contributed by atoms with E-state index in [0.29, 0.717) is 18.8 Å². The van der Waals surface area contributed by atoms with Crippen LogP contribution in [-0.2, 0) is 25.5 Å². The number of nitrogens with zero attached hydrogens (tertiary/aromatic N) is 4. The molecule has 2 aliphatic rings. The highest BCUT2D eigenvalue weighted by atomic mass is 35.5. The lowest BCUT2D eigenvalue weighted by molar-refractivity contribution is -0.191. The van der Waals surface area contributed by atoms with Crippen LogP contribution in [0.25, 0.3) is 11.0 Å². The minimum absolute atomic E-state index is 0.0214. The topological polar surface area (TPSA) is 229 Å². The molecule has 2 aromatic heterocycles. The van der Waals surface area contributed by atoms with Crippen LogP contribution in [0.15, 0.2) is 35.3 Å². The SMILES string of the molecule is C#C[C@@]1(O)[C@@H](COC(Cc2ccc(N3CCCNC3=O)cc2)(C(=O)O)C(=O)O)O[C@@H](n2ncc3c(=O)[nH]c(Cl)nc32)[C@@H]1O. The van der Waals surface area contributed by atoms with Crippen molar-refractivity contribution in [2.24, 2.45) is 0 Å². The molecule has 4 atom stereocenters. The summed E-state index contributed by atoms with van der Waals surface area (Å²) < 4.78 is 12.1. The molecule has 2 aliphatic heterocycles. The number of halogens is 1. The molecule has 1 aromatic carbocycles. The average molecular weight is 617 g/mol. The maximum Gasteiger partial charge on any atom is 0.348 e. The summed E-state index contributed by atoms with van der Waals surface area (Å²) in [6, 6.07) is 5.74. The average Bonchev–Trinajstić information content (AvgIpc) is 3.50. The number of aromatic nitrogens is 4. The fourth-order valence-electron chi connectivity index (χ4n) is 4.98. The zero-order valence-corrected chi connectivity index (χ0v) is 22.9. The van der Waals surface area contributed by atoms with Gasteiger partial charge in [-0.3, -0.25) is 14.7 Å². The molecule has 16 nitrogen and oxygen atoms in total. The first-order valence-corrected chi connectivity index (χ1v) is 13.2. The van der Waals surface area contributed by atoms with Crippen molar-refractivity contribution in [3.8, 4) is 12.3 Å². The highest BCUT2D eigenvalue weighted by molar-refractivity contribution is 6.28. The molecule has 4 heterocycles. The van der Waals surface area contributed by atoms with Crippen molar-refractivity contribution in [3.05, 3.63) is 51.7 Å². The van der Waals surface area contributed by atoms with E-state index in [1.807, 2.05) is 5.92 Å². The zero-order valence-electron chi connectivity index (χ0n) is 22.1. The molecule has 0 saturated carbocycles. The van der Waals surface area contributed by atoms with Gasteiger partial charge in [-0.2, -0.15) is 10.1 Å². The highest BCUT2D eigenvalue weighted by Crippen LogP contribution is 2.38. The number of carbonyl (C=O) groups is 3. The first kappa shape index (κ1) is 29.9. The molecular weight excluding hydrogens is 592 g/mol. The fraction of sp³-hybridized carbons (Fsp3) is 0.385. The summed E-state index contributed by atoms with van der Waals surface area (Å²) in [5.41, 5.74) is -5.35. The molecule has 5 rings (SSSR count). The van der Waals surface area contributed by atoms with Crippen LogP contribution in [0.4, 0.5) is 10.5 Å². The molecule has 0 aliphatic carbocycles. The fourth-order valence-corrected chi connectivity index (χ4v) is 5.14. The number of carboxylic acids is 2.